The fourth-order valence-corrected chi connectivity index (χ4v) is 6.00. The van der Waals surface area contributed by atoms with Crippen LogP contribution in [0, 0.1) is 0 Å². The number of benzene rings is 1. The second-order valence-corrected chi connectivity index (χ2v) is 9.60. The summed E-state index contributed by atoms with van der Waals surface area (Å²) in [6.45, 7) is 0.316. The third kappa shape index (κ3) is 3.60. The number of nitrogens with zero attached hydrogens (tertiary/aromatic N) is 1. The number of amides is 1. The van der Waals surface area contributed by atoms with Crippen LogP contribution in [0.1, 0.15) is 12.8 Å². The van der Waals surface area contributed by atoms with Crippen LogP contribution in [0.2, 0.25) is 9.36 Å². The molecular weight excluding hydrogens is 391 g/mol. The molecule has 2 aromatic rings. The first kappa shape index (κ1) is 17.7. The van der Waals surface area contributed by atoms with E-state index in [9.17, 15) is 13.2 Å². The number of hydrogen-bond donors (Lipinski definition) is 1. The molecule has 0 aliphatic carbocycles. The Kier molecular flexibility index (Phi) is 5.17. The van der Waals surface area contributed by atoms with Gasteiger partial charge in [0.05, 0.1) is 4.34 Å². The molecule has 0 saturated carbocycles. The minimum atomic E-state index is -3.73. The molecule has 1 unspecified atom stereocenters. The van der Waals surface area contributed by atoms with E-state index in [2.05, 4.69) is 5.32 Å². The fraction of sp³-hybridized carbons (Fsp3) is 0.267. The normalized spacial score (nSPS) is 18.7. The number of carbonyl (C=O) groups is 1. The molecule has 2 heterocycles. The van der Waals surface area contributed by atoms with Crippen LogP contribution in [0.4, 0.5) is 5.69 Å². The zero-order valence-corrected chi connectivity index (χ0v) is 15.6. The van der Waals surface area contributed by atoms with Crippen LogP contribution >= 0.6 is 34.5 Å². The van der Waals surface area contributed by atoms with Crippen molar-refractivity contribution in [2.75, 3.05) is 11.9 Å². The molecule has 1 amide bonds. The van der Waals surface area contributed by atoms with Crippen molar-refractivity contribution in [1.29, 1.82) is 0 Å². The molecule has 0 bridgehead atoms. The predicted molar refractivity (Wildman–Crippen MR) is 96.3 cm³/mol. The Hall–Kier alpha value is -1.12. The van der Waals surface area contributed by atoms with Gasteiger partial charge in [-0.2, -0.15) is 4.31 Å². The average Bonchev–Trinajstić information content (AvgIpc) is 3.19. The molecule has 1 saturated heterocycles. The topological polar surface area (TPSA) is 66.5 Å². The summed E-state index contributed by atoms with van der Waals surface area (Å²) in [6.07, 6.45) is 1.12. The summed E-state index contributed by atoms with van der Waals surface area (Å²) in [7, 11) is -3.73. The summed E-state index contributed by atoms with van der Waals surface area (Å²) in [5.74, 6) is -0.346. The van der Waals surface area contributed by atoms with Crippen molar-refractivity contribution < 1.29 is 13.2 Å². The van der Waals surface area contributed by atoms with E-state index in [1.165, 1.54) is 16.4 Å². The molecule has 1 fully saturated rings. The molecule has 5 nitrogen and oxygen atoms in total. The van der Waals surface area contributed by atoms with Crippen molar-refractivity contribution in [3.05, 3.63) is 45.8 Å². The molecule has 128 valence electrons. The van der Waals surface area contributed by atoms with E-state index in [-0.39, 0.29) is 10.1 Å². The average molecular weight is 405 g/mol. The zero-order chi connectivity index (χ0) is 17.3. The lowest BCUT2D eigenvalue weighted by atomic mass is 10.2. The first-order valence-electron chi connectivity index (χ1n) is 7.21. The molecule has 1 aromatic heterocycles. The third-order valence-corrected chi connectivity index (χ3v) is 7.59. The highest BCUT2D eigenvalue weighted by Gasteiger charge is 2.40. The number of sulfonamides is 1. The van der Waals surface area contributed by atoms with Gasteiger partial charge in [0, 0.05) is 17.3 Å². The second-order valence-electron chi connectivity index (χ2n) is 5.33. The lowest BCUT2D eigenvalue weighted by Crippen LogP contribution is -2.42. The van der Waals surface area contributed by atoms with Crippen molar-refractivity contribution in [3.8, 4) is 0 Å². The number of carbonyl (C=O) groups excluding carboxylic acids is 1. The molecule has 1 aromatic carbocycles. The van der Waals surface area contributed by atoms with Crippen LogP contribution in [0.5, 0.6) is 0 Å². The number of rotatable bonds is 4. The van der Waals surface area contributed by atoms with Gasteiger partial charge in [-0.05, 0) is 49.2 Å². The molecule has 9 heteroatoms. The van der Waals surface area contributed by atoms with E-state index < -0.39 is 16.1 Å². The van der Waals surface area contributed by atoms with Crippen LogP contribution in [0.3, 0.4) is 0 Å². The highest BCUT2D eigenvalue weighted by molar-refractivity contribution is 7.91. The zero-order valence-electron chi connectivity index (χ0n) is 12.4. The number of halogens is 2. The minimum Gasteiger partial charge on any atom is -0.325 e. The van der Waals surface area contributed by atoms with Crippen LogP contribution in [0.25, 0.3) is 0 Å². The Morgan fingerprint density at radius 3 is 2.50 bits per heavy atom. The number of thiophene rings is 1. The van der Waals surface area contributed by atoms with Gasteiger partial charge in [-0.25, -0.2) is 8.42 Å². The Balaban J connectivity index is 1.80. The number of hydrogen-bond acceptors (Lipinski definition) is 4. The van der Waals surface area contributed by atoms with E-state index in [1.54, 1.807) is 24.3 Å². The minimum absolute atomic E-state index is 0.152. The van der Waals surface area contributed by atoms with Gasteiger partial charge in [0.25, 0.3) is 10.0 Å². The lowest BCUT2D eigenvalue weighted by Gasteiger charge is -2.22. The first-order valence-corrected chi connectivity index (χ1v) is 10.2. The summed E-state index contributed by atoms with van der Waals surface area (Å²) in [5, 5.41) is 3.31. The van der Waals surface area contributed by atoms with Gasteiger partial charge in [0.2, 0.25) is 5.91 Å². The van der Waals surface area contributed by atoms with Crippen molar-refractivity contribution in [3.63, 3.8) is 0 Å². The van der Waals surface area contributed by atoms with Crippen LogP contribution in [-0.4, -0.2) is 31.2 Å². The summed E-state index contributed by atoms with van der Waals surface area (Å²) in [4.78, 5) is 12.5. The fourth-order valence-electron chi connectivity index (χ4n) is 2.60. The van der Waals surface area contributed by atoms with Crippen LogP contribution in [0.15, 0.2) is 40.6 Å². The SMILES string of the molecule is O=C(Nc1ccc(Cl)cc1)C1CCCN1S(=O)(=O)c1ccc(Cl)s1. The van der Waals surface area contributed by atoms with Crippen LogP contribution < -0.4 is 5.32 Å². The largest absolute Gasteiger partial charge is 0.325 e. The molecule has 1 aliphatic rings. The molecular formula is C15H14Cl2N2O3S2. The van der Waals surface area contributed by atoms with E-state index in [4.69, 9.17) is 23.2 Å². The summed E-state index contributed by atoms with van der Waals surface area (Å²) in [6, 6.07) is 8.95. The van der Waals surface area contributed by atoms with Crippen molar-refractivity contribution in [2.24, 2.45) is 0 Å². The maximum absolute atomic E-state index is 12.7. The Morgan fingerprint density at radius 1 is 1.17 bits per heavy atom. The maximum Gasteiger partial charge on any atom is 0.253 e. The van der Waals surface area contributed by atoms with Crippen molar-refractivity contribution in [1.82, 2.24) is 4.31 Å². The summed E-state index contributed by atoms with van der Waals surface area (Å²) >= 11 is 12.6. The van der Waals surface area contributed by atoms with Crippen molar-refractivity contribution >= 4 is 56.2 Å². The molecule has 1 atom stereocenters. The van der Waals surface area contributed by atoms with E-state index in [0.717, 1.165) is 11.3 Å². The van der Waals surface area contributed by atoms with Gasteiger partial charge in [-0.1, -0.05) is 23.2 Å². The molecule has 0 spiro atoms. The Morgan fingerprint density at radius 2 is 1.88 bits per heavy atom. The number of nitrogens with one attached hydrogen (secondary N) is 1. The third-order valence-electron chi connectivity index (χ3n) is 3.73. The van der Waals surface area contributed by atoms with Gasteiger partial charge < -0.3 is 5.32 Å². The molecule has 1 N–H and O–H groups in total. The van der Waals surface area contributed by atoms with Crippen LogP contribution in [-0.2, 0) is 14.8 Å². The van der Waals surface area contributed by atoms with E-state index in [0.29, 0.717) is 34.4 Å². The van der Waals surface area contributed by atoms with E-state index in [1.807, 2.05) is 0 Å². The van der Waals surface area contributed by atoms with Gasteiger partial charge >= 0.3 is 0 Å². The predicted octanol–water partition coefficient (Wildman–Crippen LogP) is 3.85. The molecule has 1 aliphatic heterocycles. The highest BCUT2D eigenvalue weighted by Crippen LogP contribution is 2.32. The van der Waals surface area contributed by atoms with Gasteiger partial charge in [0.1, 0.15) is 10.3 Å². The standard InChI is InChI=1S/C15H14Cl2N2O3S2/c16-10-3-5-11(6-4-10)18-15(20)12-2-1-9-19(12)24(21,22)14-8-7-13(17)23-14/h3-8,12H,1-2,9H2,(H,18,20). The highest BCUT2D eigenvalue weighted by atomic mass is 35.5. The van der Waals surface area contributed by atoms with Crippen molar-refractivity contribution in [2.45, 2.75) is 23.1 Å². The molecule has 24 heavy (non-hydrogen) atoms. The molecule has 0 radical (unpaired) electrons. The monoisotopic (exact) mass is 404 g/mol. The quantitative estimate of drug-likeness (QED) is 0.841. The van der Waals surface area contributed by atoms with Gasteiger partial charge in [0.15, 0.2) is 0 Å². The Bertz CT molecular complexity index is 850. The number of anilines is 1. The Labute approximate surface area is 154 Å². The summed E-state index contributed by atoms with van der Waals surface area (Å²) < 4.78 is 27.3. The lowest BCUT2D eigenvalue weighted by molar-refractivity contribution is -0.119. The summed E-state index contributed by atoms with van der Waals surface area (Å²) in [5.41, 5.74) is 0.577. The molecule has 3 rings (SSSR count). The van der Waals surface area contributed by atoms with Gasteiger partial charge in [-0.3, -0.25) is 4.79 Å². The smallest absolute Gasteiger partial charge is 0.253 e. The first-order chi connectivity index (χ1) is 11.4. The second kappa shape index (κ2) is 7.01. The van der Waals surface area contributed by atoms with E-state index >= 15 is 0 Å². The maximum atomic E-state index is 12.7. The van der Waals surface area contributed by atoms with Gasteiger partial charge in [-0.15, -0.1) is 11.3 Å².